The van der Waals surface area contributed by atoms with Crippen molar-refractivity contribution in [1.82, 2.24) is 15.2 Å². The zero-order valence-corrected chi connectivity index (χ0v) is 12.1. The van der Waals surface area contributed by atoms with E-state index in [0.717, 1.165) is 5.69 Å². The highest BCUT2D eigenvalue weighted by Crippen LogP contribution is 2.19. The highest BCUT2D eigenvalue weighted by molar-refractivity contribution is 5.77. The van der Waals surface area contributed by atoms with E-state index in [1.165, 1.54) is 4.90 Å². The van der Waals surface area contributed by atoms with Crippen molar-refractivity contribution in [3.8, 4) is 0 Å². The van der Waals surface area contributed by atoms with Crippen LogP contribution in [0.3, 0.4) is 0 Å². The van der Waals surface area contributed by atoms with Gasteiger partial charge in [0.15, 0.2) is 0 Å². The number of nitrogens with zero attached hydrogens (tertiary/aromatic N) is 2. The molecule has 110 valence electrons. The lowest BCUT2D eigenvalue weighted by Gasteiger charge is -2.25. The van der Waals surface area contributed by atoms with Crippen molar-refractivity contribution in [1.29, 1.82) is 0 Å². The predicted octanol–water partition coefficient (Wildman–Crippen LogP) is 1.72. The second-order valence-corrected chi connectivity index (χ2v) is 5.06. The first kappa shape index (κ1) is 15.9. The van der Waals surface area contributed by atoms with E-state index in [2.05, 4.69) is 10.3 Å². The number of urea groups is 1. The fraction of sp³-hybridized carbons (Fsp3) is 0.500. The molecule has 0 aliphatic heterocycles. The molecule has 0 radical (unpaired) electrons. The third kappa shape index (κ3) is 4.22. The minimum atomic E-state index is -0.943. The van der Waals surface area contributed by atoms with Crippen LogP contribution in [-0.2, 0) is 11.3 Å². The summed E-state index contributed by atoms with van der Waals surface area (Å²) in [5, 5.41) is 11.8. The molecule has 1 rings (SSSR count). The molecular weight excluding hydrogens is 258 g/mol. The van der Waals surface area contributed by atoms with Gasteiger partial charge in [-0.3, -0.25) is 9.78 Å². The summed E-state index contributed by atoms with van der Waals surface area (Å²) in [6.07, 6.45) is 2.12. The van der Waals surface area contributed by atoms with Crippen LogP contribution >= 0.6 is 0 Å². The molecule has 2 amide bonds. The van der Waals surface area contributed by atoms with Gasteiger partial charge in [-0.05, 0) is 25.5 Å². The van der Waals surface area contributed by atoms with Gasteiger partial charge < -0.3 is 15.3 Å². The van der Waals surface area contributed by atoms with E-state index < -0.39 is 11.4 Å². The molecule has 1 aromatic rings. The molecule has 6 nitrogen and oxygen atoms in total. The molecule has 0 aliphatic rings. The maximum Gasteiger partial charge on any atom is 0.317 e. The maximum absolute atomic E-state index is 11.9. The minimum Gasteiger partial charge on any atom is -0.481 e. The smallest absolute Gasteiger partial charge is 0.317 e. The standard InChI is InChI=1S/C14H21N3O3/c1-4-14(2,12(18)19)10-16-13(20)17(3)9-11-7-5-6-8-15-11/h5-8H,4,9-10H2,1-3H3,(H,16,20)(H,18,19). The van der Waals surface area contributed by atoms with Crippen LogP contribution in [0.5, 0.6) is 0 Å². The first-order chi connectivity index (χ1) is 9.39. The normalized spacial score (nSPS) is 13.3. The van der Waals surface area contributed by atoms with Crippen LogP contribution in [0.2, 0.25) is 0 Å². The van der Waals surface area contributed by atoms with Gasteiger partial charge >= 0.3 is 12.0 Å². The Kier molecular flexibility index (Phi) is 5.49. The number of carbonyl (C=O) groups excluding carboxylic acids is 1. The average Bonchev–Trinajstić information content (AvgIpc) is 2.45. The fourth-order valence-corrected chi connectivity index (χ4v) is 1.56. The highest BCUT2D eigenvalue weighted by atomic mass is 16.4. The lowest BCUT2D eigenvalue weighted by atomic mass is 9.88. The molecular formula is C14H21N3O3. The Labute approximate surface area is 118 Å². The highest BCUT2D eigenvalue weighted by Gasteiger charge is 2.31. The minimum absolute atomic E-state index is 0.101. The van der Waals surface area contributed by atoms with E-state index >= 15 is 0 Å². The summed E-state index contributed by atoms with van der Waals surface area (Å²) >= 11 is 0. The Morgan fingerprint density at radius 1 is 1.45 bits per heavy atom. The van der Waals surface area contributed by atoms with E-state index in [1.54, 1.807) is 27.1 Å². The summed E-state index contributed by atoms with van der Waals surface area (Å²) in [6, 6.07) is 5.18. The molecule has 1 aromatic heterocycles. The molecule has 1 unspecified atom stereocenters. The third-order valence-electron chi connectivity index (χ3n) is 3.40. The van der Waals surface area contributed by atoms with Crippen molar-refractivity contribution in [2.24, 2.45) is 5.41 Å². The molecule has 2 N–H and O–H groups in total. The van der Waals surface area contributed by atoms with Crippen molar-refractivity contribution in [2.75, 3.05) is 13.6 Å². The molecule has 0 saturated heterocycles. The lowest BCUT2D eigenvalue weighted by Crippen LogP contribution is -2.45. The number of nitrogens with one attached hydrogen (secondary N) is 1. The monoisotopic (exact) mass is 279 g/mol. The average molecular weight is 279 g/mol. The van der Waals surface area contributed by atoms with Crippen LogP contribution in [0.15, 0.2) is 24.4 Å². The molecule has 1 heterocycles. The third-order valence-corrected chi connectivity index (χ3v) is 3.40. The number of aliphatic carboxylic acids is 1. The molecule has 0 spiro atoms. The van der Waals surface area contributed by atoms with Gasteiger partial charge in [0.1, 0.15) is 0 Å². The van der Waals surface area contributed by atoms with Gasteiger partial charge in [0.05, 0.1) is 17.7 Å². The predicted molar refractivity (Wildman–Crippen MR) is 75.1 cm³/mol. The quantitative estimate of drug-likeness (QED) is 0.830. The van der Waals surface area contributed by atoms with Gasteiger partial charge in [0.2, 0.25) is 0 Å². The summed E-state index contributed by atoms with van der Waals surface area (Å²) in [6.45, 7) is 3.89. The largest absolute Gasteiger partial charge is 0.481 e. The number of amides is 2. The molecule has 20 heavy (non-hydrogen) atoms. The molecule has 1 atom stereocenters. The van der Waals surface area contributed by atoms with E-state index in [0.29, 0.717) is 13.0 Å². The Morgan fingerprint density at radius 2 is 2.15 bits per heavy atom. The van der Waals surface area contributed by atoms with Crippen LogP contribution in [-0.4, -0.2) is 40.6 Å². The van der Waals surface area contributed by atoms with Crippen molar-refractivity contribution < 1.29 is 14.7 Å². The molecule has 6 heteroatoms. The van der Waals surface area contributed by atoms with Crippen molar-refractivity contribution in [3.63, 3.8) is 0 Å². The van der Waals surface area contributed by atoms with Gasteiger partial charge in [0.25, 0.3) is 0 Å². The van der Waals surface area contributed by atoms with Crippen LogP contribution in [0, 0.1) is 5.41 Å². The van der Waals surface area contributed by atoms with E-state index in [9.17, 15) is 9.59 Å². The topological polar surface area (TPSA) is 82.5 Å². The summed E-state index contributed by atoms with van der Waals surface area (Å²) in [4.78, 5) is 28.7. The zero-order valence-electron chi connectivity index (χ0n) is 12.1. The van der Waals surface area contributed by atoms with Gasteiger partial charge in [0, 0.05) is 19.8 Å². The van der Waals surface area contributed by atoms with Gasteiger partial charge in [-0.25, -0.2) is 4.79 Å². The molecule has 0 aromatic carbocycles. The summed E-state index contributed by atoms with van der Waals surface area (Å²) in [5.41, 5.74) is -0.164. The van der Waals surface area contributed by atoms with E-state index in [-0.39, 0.29) is 12.6 Å². The number of carboxylic acids is 1. The SMILES string of the molecule is CCC(C)(CNC(=O)N(C)Cc1ccccn1)C(=O)O. The summed E-state index contributed by atoms with van der Waals surface area (Å²) in [5.74, 6) is -0.910. The Morgan fingerprint density at radius 3 is 2.65 bits per heavy atom. The second-order valence-electron chi connectivity index (χ2n) is 5.06. The van der Waals surface area contributed by atoms with Crippen molar-refractivity contribution in [2.45, 2.75) is 26.8 Å². The fourth-order valence-electron chi connectivity index (χ4n) is 1.56. The molecule has 0 fully saturated rings. The summed E-state index contributed by atoms with van der Waals surface area (Å²) < 4.78 is 0. The lowest BCUT2D eigenvalue weighted by molar-refractivity contribution is -0.147. The Bertz CT molecular complexity index is 464. The van der Waals surface area contributed by atoms with Gasteiger partial charge in [-0.15, -0.1) is 0 Å². The number of hydrogen-bond donors (Lipinski definition) is 2. The van der Waals surface area contributed by atoms with Crippen LogP contribution in [0.25, 0.3) is 0 Å². The number of carboxylic acid groups (broad SMARTS) is 1. The Hall–Kier alpha value is -2.11. The molecule has 0 aliphatic carbocycles. The number of carbonyl (C=O) groups is 2. The second kappa shape index (κ2) is 6.88. The van der Waals surface area contributed by atoms with Gasteiger partial charge in [-0.1, -0.05) is 13.0 Å². The maximum atomic E-state index is 11.9. The molecule has 0 saturated carbocycles. The number of rotatable bonds is 6. The molecule has 0 bridgehead atoms. The van der Waals surface area contributed by atoms with Crippen molar-refractivity contribution >= 4 is 12.0 Å². The number of aromatic nitrogens is 1. The first-order valence-electron chi connectivity index (χ1n) is 6.51. The van der Waals surface area contributed by atoms with E-state index in [4.69, 9.17) is 5.11 Å². The zero-order chi connectivity index (χ0) is 15.2. The Balaban J connectivity index is 2.52. The number of hydrogen-bond acceptors (Lipinski definition) is 3. The van der Waals surface area contributed by atoms with E-state index in [1.807, 2.05) is 18.2 Å². The number of pyridine rings is 1. The first-order valence-corrected chi connectivity index (χ1v) is 6.51. The van der Waals surface area contributed by atoms with Gasteiger partial charge in [-0.2, -0.15) is 0 Å². The van der Waals surface area contributed by atoms with Crippen molar-refractivity contribution in [3.05, 3.63) is 30.1 Å². The van der Waals surface area contributed by atoms with Crippen LogP contribution < -0.4 is 5.32 Å². The van der Waals surface area contributed by atoms with Crippen LogP contribution in [0.4, 0.5) is 4.79 Å². The van der Waals surface area contributed by atoms with Crippen LogP contribution in [0.1, 0.15) is 26.0 Å². The summed E-state index contributed by atoms with van der Waals surface area (Å²) in [7, 11) is 1.65.